The summed E-state index contributed by atoms with van der Waals surface area (Å²) in [6.45, 7) is 1.92. The predicted octanol–water partition coefficient (Wildman–Crippen LogP) is 1.71. The Labute approximate surface area is 107 Å². The van der Waals surface area contributed by atoms with Crippen molar-refractivity contribution in [3.05, 3.63) is 28.3 Å². The van der Waals surface area contributed by atoms with E-state index in [-0.39, 0.29) is 23.8 Å². The SMILES string of the molecule is CCOC(=O)CNc1nc2ccc([N+](=O)[O-])cc2o1. The lowest BCUT2D eigenvalue weighted by atomic mass is 10.3. The van der Waals surface area contributed by atoms with Crippen molar-refractivity contribution in [2.75, 3.05) is 18.5 Å². The minimum absolute atomic E-state index is 0.0806. The van der Waals surface area contributed by atoms with E-state index in [1.54, 1.807) is 6.92 Å². The molecule has 0 aliphatic rings. The number of anilines is 1. The molecule has 1 aromatic heterocycles. The number of aromatic nitrogens is 1. The first-order valence-electron chi connectivity index (χ1n) is 5.54. The summed E-state index contributed by atoms with van der Waals surface area (Å²) in [5.74, 6) is -0.435. The van der Waals surface area contributed by atoms with Crippen molar-refractivity contribution in [2.45, 2.75) is 6.92 Å². The van der Waals surface area contributed by atoms with Crippen molar-refractivity contribution in [1.82, 2.24) is 4.98 Å². The second-order valence-electron chi connectivity index (χ2n) is 3.59. The third kappa shape index (κ3) is 2.97. The smallest absolute Gasteiger partial charge is 0.325 e. The third-order valence-electron chi connectivity index (χ3n) is 2.27. The van der Waals surface area contributed by atoms with Gasteiger partial charge in [0.15, 0.2) is 5.58 Å². The number of hydrogen-bond donors (Lipinski definition) is 1. The van der Waals surface area contributed by atoms with Crippen LogP contribution in [0.2, 0.25) is 0 Å². The molecule has 8 nitrogen and oxygen atoms in total. The van der Waals surface area contributed by atoms with Crippen LogP contribution in [0.5, 0.6) is 0 Å². The summed E-state index contributed by atoms with van der Waals surface area (Å²) in [5, 5.41) is 13.3. The van der Waals surface area contributed by atoms with Gasteiger partial charge in [0.1, 0.15) is 12.1 Å². The zero-order valence-corrected chi connectivity index (χ0v) is 10.1. The van der Waals surface area contributed by atoms with E-state index in [2.05, 4.69) is 10.3 Å². The highest BCUT2D eigenvalue weighted by molar-refractivity contribution is 5.78. The average molecular weight is 265 g/mol. The van der Waals surface area contributed by atoms with Crippen molar-refractivity contribution in [1.29, 1.82) is 0 Å². The molecule has 1 aromatic carbocycles. The van der Waals surface area contributed by atoms with Gasteiger partial charge in [-0.1, -0.05) is 0 Å². The number of nitrogens with zero attached hydrogens (tertiary/aromatic N) is 2. The number of non-ortho nitro benzene ring substituents is 1. The van der Waals surface area contributed by atoms with Gasteiger partial charge in [-0.3, -0.25) is 14.9 Å². The molecule has 19 heavy (non-hydrogen) atoms. The second-order valence-corrected chi connectivity index (χ2v) is 3.59. The van der Waals surface area contributed by atoms with E-state index in [9.17, 15) is 14.9 Å². The highest BCUT2D eigenvalue weighted by Crippen LogP contribution is 2.23. The number of fused-ring (bicyclic) bond motifs is 1. The molecule has 8 heteroatoms. The quantitative estimate of drug-likeness (QED) is 0.498. The van der Waals surface area contributed by atoms with Crippen LogP contribution in [0.1, 0.15) is 6.92 Å². The molecule has 0 saturated carbocycles. The van der Waals surface area contributed by atoms with Gasteiger partial charge in [-0.25, -0.2) is 0 Å². The molecule has 0 spiro atoms. The standard InChI is InChI=1S/C11H11N3O5/c1-2-18-10(15)6-12-11-13-8-4-3-7(14(16)17)5-9(8)19-11/h3-5H,2,6H2,1H3,(H,12,13). The van der Waals surface area contributed by atoms with E-state index in [0.29, 0.717) is 12.1 Å². The highest BCUT2D eigenvalue weighted by Gasteiger charge is 2.12. The molecule has 100 valence electrons. The Hall–Kier alpha value is -2.64. The lowest BCUT2D eigenvalue weighted by Gasteiger charge is -2.00. The van der Waals surface area contributed by atoms with Crippen LogP contribution in [-0.4, -0.2) is 29.0 Å². The third-order valence-corrected chi connectivity index (χ3v) is 2.27. The van der Waals surface area contributed by atoms with Crippen molar-refractivity contribution in [3.63, 3.8) is 0 Å². The molecule has 0 saturated heterocycles. The van der Waals surface area contributed by atoms with Crippen LogP contribution in [0, 0.1) is 10.1 Å². The molecule has 2 rings (SSSR count). The number of nitro benzene ring substituents is 1. The summed E-state index contributed by atoms with van der Waals surface area (Å²) in [7, 11) is 0. The molecular weight excluding hydrogens is 254 g/mol. The monoisotopic (exact) mass is 265 g/mol. The number of carbonyl (C=O) groups excluding carboxylic acids is 1. The number of benzene rings is 1. The molecule has 0 aliphatic heterocycles. The van der Waals surface area contributed by atoms with Gasteiger partial charge in [0.2, 0.25) is 0 Å². The zero-order valence-electron chi connectivity index (χ0n) is 10.1. The summed E-state index contributed by atoms with van der Waals surface area (Å²) in [5.41, 5.74) is 0.665. The molecule has 2 aromatic rings. The number of rotatable bonds is 5. The Balaban J connectivity index is 2.13. The molecule has 1 N–H and O–H groups in total. The van der Waals surface area contributed by atoms with Gasteiger partial charge in [0.25, 0.3) is 11.7 Å². The van der Waals surface area contributed by atoms with Gasteiger partial charge in [0.05, 0.1) is 17.6 Å². The maximum Gasteiger partial charge on any atom is 0.325 e. The summed E-state index contributed by atoms with van der Waals surface area (Å²) >= 11 is 0. The van der Waals surface area contributed by atoms with E-state index in [0.717, 1.165) is 0 Å². The number of carbonyl (C=O) groups is 1. The fraction of sp³-hybridized carbons (Fsp3) is 0.273. The zero-order chi connectivity index (χ0) is 13.8. The molecule has 0 radical (unpaired) electrons. The number of oxazole rings is 1. The second kappa shape index (κ2) is 5.34. The summed E-state index contributed by atoms with van der Waals surface area (Å²) in [6, 6.07) is 4.20. The van der Waals surface area contributed by atoms with Gasteiger partial charge in [-0.2, -0.15) is 4.98 Å². The van der Waals surface area contributed by atoms with Crippen LogP contribution >= 0.6 is 0 Å². The van der Waals surface area contributed by atoms with Crippen LogP contribution < -0.4 is 5.32 Å². The Morgan fingerprint density at radius 1 is 1.58 bits per heavy atom. The largest absolute Gasteiger partial charge is 0.465 e. The predicted molar refractivity (Wildman–Crippen MR) is 65.8 cm³/mol. The number of nitrogens with one attached hydrogen (secondary N) is 1. The first kappa shape index (κ1) is 12.8. The van der Waals surface area contributed by atoms with Crippen molar-refractivity contribution >= 4 is 28.8 Å². The Kier molecular flexibility index (Phi) is 3.60. The van der Waals surface area contributed by atoms with Gasteiger partial charge in [-0.05, 0) is 13.0 Å². The molecule has 0 unspecified atom stereocenters. The molecule has 0 aliphatic carbocycles. The Bertz CT molecular complexity index is 622. The van der Waals surface area contributed by atoms with Crippen molar-refractivity contribution < 1.29 is 18.9 Å². The maximum atomic E-state index is 11.1. The van der Waals surface area contributed by atoms with Gasteiger partial charge in [0, 0.05) is 6.07 Å². The molecular formula is C11H11N3O5. The van der Waals surface area contributed by atoms with Crippen LogP contribution in [0.25, 0.3) is 11.1 Å². The topological polar surface area (TPSA) is 108 Å². The molecule has 1 heterocycles. The fourth-order valence-electron chi connectivity index (χ4n) is 1.46. The normalized spacial score (nSPS) is 10.4. The summed E-state index contributed by atoms with van der Waals surface area (Å²) in [6.07, 6.45) is 0. The molecule has 0 amide bonds. The maximum absolute atomic E-state index is 11.1. The number of esters is 1. The van der Waals surface area contributed by atoms with E-state index < -0.39 is 10.9 Å². The Morgan fingerprint density at radius 3 is 3.05 bits per heavy atom. The summed E-state index contributed by atoms with van der Waals surface area (Å²) < 4.78 is 9.98. The summed E-state index contributed by atoms with van der Waals surface area (Å²) in [4.78, 5) is 25.3. The minimum atomic E-state index is -0.520. The van der Waals surface area contributed by atoms with E-state index in [4.69, 9.17) is 9.15 Å². The average Bonchev–Trinajstić information content (AvgIpc) is 2.78. The molecule has 0 bridgehead atoms. The van der Waals surface area contributed by atoms with E-state index in [1.165, 1.54) is 18.2 Å². The van der Waals surface area contributed by atoms with Gasteiger partial charge < -0.3 is 14.5 Å². The highest BCUT2D eigenvalue weighted by atomic mass is 16.6. The van der Waals surface area contributed by atoms with Gasteiger partial charge in [-0.15, -0.1) is 0 Å². The first-order chi connectivity index (χ1) is 9.10. The first-order valence-corrected chi connectivity index (χ1v) is 5.54. The van der Waals surface area contributed by atoms with E-state index >= 15 is 0 Å². The van der Waals surface area contributed by atoms with Gasteiger partial charge >= 0.3 is 5.97 Å². The van der Waals surface area contributed by atoms with Crippen LogP contribution in [0.3, 0.4) is 0 Å². The van der Waals surface area contributed by atoms with E-state index in [1.807, 2.05) is 0 Å². The van der Waals surface area contributed by atoms with Crippen LogP contribution in [-0.2, 0) is 9.53 Å². The Morgan fingerprint density at radius 2 is 2.37 bits per heavy atom. The van der Waals surface area contributed by atoms with Crippen molar-refractivity contribution in [2.24, 2.45) is 0 Å². The van der Waals surface area contributed by atoms with Crippen LogP contribution in [0.4, 0.5) is 11.7 Å². The molecule has 0 fully saturated rings. The lowest BCUT2D eigenvalue weighted by molar-refractivity contribution is -0.384. The number of hydrogen-bond acceptors (Lipinski definition) is 7. The number of nitro groups is 1. The minimum Gasteiger partial charge on any atom is -0.465 e. The van der Waals surface area contributed by atoms with Crippen molar-refractivity contribution in [3.8, 4) is 0 Å². The lowest BCUT2D eigenvalue weighted by Crippen LogP contribution is -2.16. The fourth-order valence-corrected chi connectivity index (χ4v) is 1.46. The number of ether oxygens (including phenoxy) is 1. The van der Waals surface area contributed by atoms with Crippen LogP contribution in [0.15, 0.2) is 22.6 Å². The molecule has 0 atom stereocenters.